The molecular weight excluding hydrogens is 284 g/mol. The van der Waals surface area contributed by atoms with Gasteiger partial charge in [0.25, 0.3) is 0 Å². The van der Waals surface area contributed by atoms with Gasteiger partial charge in [-0.1, -0.05) is 30.1 Å². The van der Waals surface area contributed by atoms with Crippen LogP contribution in [0.5, 0.6) is 0 Å². The summed E-state index contributed by atoms with van der Waals surface area (Å²) in [5.74, 6) is 0.0962. The fourth-order valence-electron chi connectivity index (χ4n) is 1.50. The van der Waals surface area contributed by atoms with Gasteiger partial charge >= 0.3 is 0 Å². The average molecular weight is 292 g/mol. The van der Waals surface area contributed by atoms with E-state index in [0.29, 0.717) is 16.9 Å². The number of nitrogens with one attached hydrogen (secondary N) is 1. The van der Waals surface area contributed by atoms with E-state index in [1.54, 1.807) is 4.57 Å². The third-order valence-corrected chi connectivity index (χ3v) is 3.11. The summed E-state index contributed by atoms with van der Waals surface area (Å²) in [6.45, 7) is 1.94. The van der Waals surface area contributed by atoms with Crippen LogP contribution in [0, 0.1) is 10.6 Å². The molecule has 1 N–H and O–H groups in total. The zero-order valence-corrected chi connectivity index (χ0v) is 11.1. The molecule has 7 heteroatoms. The summed E-state index contributed by atoms with van der Waals surface area (Å²) >= 11 is 16.6. The number of H-pyrrole nitrogens is 1. The molecule has 1 aromatic carbocycles. The van der Waals surface area contributed by atoms with Crippen molar-refractivity contribution in [2.75, 3.05) is 0 Å². The maximum Gasteiger partial charge on any atom is 0.199 e. The topological polar surface area (TPSA) is 33.6 Å². The molecule has 0 saturated heterocycles. The summed E-state index contributed by atoms with van der Waals surface area (Å²) in [5.41, 5.74) is 0.594. The standard InChI is InChI=1S/C10H8Cl2FN3S/c1-2-8-14-15-10(17)16(8)5-3-6(11)9(13)7(12)4-5/h3-4H,2H2,1H3,(H,15,17). The summed E-state index contributed by atoms with van der Waals surface area (Å²) in [6, 6.07) is 2.93. The smallest absolute Gasteiger partial charge is 0.199 e. The molecule has 0 aliphatic heterocycles. The van der Waals surface area contributed by atoms with Crippen LogP contribution in [0.25, 0.3) is 5.69 Å². The highest BCUT2D eigenvalue weighted by molar-refractivity contribution is 7.71. The first-order valence-electron chi connectivity index (χ1n) is 4.85. The Labute approximate surface area is 112 Å². The van der Waals surface area contributed by atoms with Crippen LogP contribution in [-0.2, 0) is 6.42 Å². The quantitative estimate of drug-likeness (QED) is 0.672. The fourth-order valence-corrected chi connectivity index (χ4v) is 2.24. The van der Waals surface area contributed by atoms with E-state index in [4.69, 9.17) is 35.4 Å². The number of nitrogens with zero attached hydrogens (tertiary/aromatic N) is 2. The summed E-state index contributed by atoms with van der Waals surface area (Å²) in [6.07, 6.45) is 0.680. The van der Waals surface area contributed by atoms with Crippen molar-refractivity contribution in [3.8, 4) is 5.69 Å². The Hall–Kier alpha value is -0.910. The lowest BCUT2D eigenvalue weighted by Gasteiger charge is -2.07. The van der Waals surface area contributed by atoms with Crippen molar-refractivity contribution in [1.82, 2.24) is 14.8 Å². The number of aryl methyl sites for hydroxylation is 1. The van der Waals surface area contributed by atoms with Gasteiger partial charge in [0.05, 0.1) is 15.7 Å². The lowest BCUT2D eigenvalue weighted by atomic mass is 10.3. The number of hydrogen-bond acceptors (Lipinski definition) is 2. The Morgan fingerprint density at radius 3 is 2.53 bits per heavy atom. The van der Waals surface area contributed by atoms with E-state index < -0.39 is 5.82 Å². The molecule has 0 atom stereocenters. The van der Waals surface area contributed by atoms with Crippen molar-refractivity contribution in [3.63, 3.8) is 0 Å². The largest absolute Gasteiger partial charge is 0.272 e. The maximum absolute atomic E-state index is 13.3. The zero-order valence-electron chi connectivity index (χ0n) is 8.80. The predicted octanol–water partition coefficient (Wildman–Crippen LogP) is 3.94. The second kappa shape index (κ2) is 4.76. The molecule has 0 saturated carbocycles. The molecule has 0 spiro atoms. The number of benzene rings is 1. The van der Waals surface area contributed by atoms with E-state index in [-0.39, 0.29) is 10.0 Å². The van der Waals surface area contributed by atoms with Gasteiger partial charge in [-0.25, -0.2) is 4.39 Å². The molecule has 0 radical (unpaired) electrons. The zero-order chi connectivity index (χ0) is 12.6. The lowest BCUT2D eigenvalue weighted by Crippen LogP contribution is -2.01. The molecule has 0 aliphatic rings. The average Bonchev–Trinajstić information content (AvgIpc) is 2.66. The van der Waals surface area contributed by atoms with Crippen molar-refractivity contribution < 1.29 is 4.39 Å². The maximum atomic E-state index is 13.3. The van der Waals surface area contributed by atoms with Crippen LogP contribution in [0.2, 0.25) is 10.0 Å². The van der Waals surface area contributed by atoms with E-state index in [0.717, 1.165) is 5.82 Å². The van der Waals surface area contributed by atoms with Crippen LogP contribution in [-0.4, -0.2) is 14.8 Å². The minimum atomic E-state index is -0.634. The number of aromatic amines is 1. The van der Waals surface area contributed by atoms with Crippen LogP contribution in [0.4, 0.5) is 4.39 Å². The van der Waals surface area contributed by atoms with E-state index in [9.17, 15) is 4.39 Å². The number of rotatable bonds is 2. The SMILES string of the molecule is CCc1n[nH]c(=S)n1-c1cc(Cl)c(F)c(Cl)c1. The van der Waals surface area contributed by atoms with Crippen molar-refractivity contribution in [2.24, 2.45) is 0 Å². The first-order valence-corrected chi connectivity index (χ1v) is 6.02. The predicted molar refractivity (Wildman–Crippen MR) is 68.1 cm³/mol. The van der Waals surface area contributed by atoms with Gasteiger partial charge in [0.1, 0.15) is 5.82 Å². The molecule has 3 nitrogen and oxygen atoms in total. The minimum Gasteiger partial charge on any atom is -0.272 e. The Balaban J connectivity index is 2.69. The van der Waals surface area contributed by atoms with Gasteiger partial charge < -0.3 is 0 Å². The molecule has 90 valence electrons. The van der Waals surface area contributed by atoms with E-state index >= 15 is 0 Å². The highest BCUT2D eigenvalue weighted by Gasteiger charge is 2.12. The molecule has 17 heavy (non-hydrogen) atoms. The first-order chi connectivity index (χ1) is 8.04. The Kier molecular flexibility index (Phi) is 3.51. The third-order valence-electron chi connectivity index (χ3n) is 2.28. The molecular formula is C10H8Cl2FN3S. The van der Waals surface area contributed by atoms with Crippen LogP contribution < -0.4 is 0 Å². The molecule has 0 bridgehead atoms. The highest BCUT2D eigenvalue weighted by atomic mass is 35.5. The van der Waals surface area contributed by atoms with Crippen LogP contribution >= 0.6 is 35.4 Å². The van der Waals surface area contributed by atoms with Crippen molar-refractivity contribution in [3.05, 3.63) is 38.6 Å². The van der Waals surface area contributed by atoms with Crippen LogP contribution in [0.1, 0.15) is 12.7 Å². The highest BCUT2D eigenvalue weighted by Crippen LogP contribution is 2.27. The number of aromatic nitrogens is 3. The summed E-state index contributed by atoms with van der Waals surface area (Å²) in [5, 5.41) is 6.65. The van der Waals surface area contributed by atoms with Crippen LogP contribution in [0.3, 0.4) is 0 Å². The van der Waals surface area contributed by atoms with Gasteiger partial charge in [-0.2, -0.15) is 5.10 Å². The minimum absolute atomic E-state index is 0.0438. The monoisotopic (exact) mass is 291 g/mol. The number of hydrogen-bond donors (Lipinski definition) is 1. The van der Waals surface area contributed by atoms with Gasteiger partial charge in [0.15, 0.2) is 10.6 Å². The number of halogens is 3. The van der Waals surface area contributed by atoms with Crippen molar-refractivity contribution in [2.45, 2.75) is 13.3 Å². The molecule has 1 heterocycles. The third kappa shape index (κ3) is 2.22. The normalized spacial score (nSPS) is 10.8. The van der Waals surface area contributed by atoms with Gasteiger partial charge in [-0.15, -0.1) is 0 Å². The van der Waals surface area contributed by atoms with Gasteiger partial charge in [-0.3, -0.25) is 9.67 Å². The Morgan fingerprint density at radius 2 is 2.00 bits per heavy atom. The van der Waals surface area contributed by atoms with E-state index in [2.05, 4.69) is 10.2 Å². The molecule has 0 unspecified atom stereocenters. The molecule has 0 amide bonds. The Morgan fingerprint density at radius 1 is 1.41 bits per heavy atom. The summed E-state index contributed by atoms with van der Waals surface area (Å²) < 4.78 is 15.4. The molecule has 1 aromatic heterocycles. The van der Waals surface area contributed by atoms with Crippen molar-refractivity contribution in [1.29, 1.82) is 0 Å². The fraction of sp³-hybridized carbons (Fsp3) is 0.200. The van der Waals surface area contributed by atoms with E-state index in [1.807, 2.05) is 6.92 Å². The summed E-state index contributed by atoms with van der Waals surface area (Å²) in [7, 11) is 0. The molecule has 2 aromatic rings. The van der Waals surface area contributed by atoms with Crippen molar-refractivity contribution >= 4 is 35.4 Å². The molecule has 0 fully saturated rings. The lowest BCUT2D eigenvalue weighted by molar-refractivity contribution is 0.628. The summed E-state index contributed by atoms with van der Waals surface area (Å²) in [4.78, 5) is 0. The van der Waals surface area contributed by atoms with Gasteiger partial charge in [-0.05, 0) is 24.4 Å². The second-order valence-electron chi connectivity index (χ2n) is 3.36. The molecule has 2 rings (SSSR count). The van der Waals surface area contributed by atoms with E-state index in [1.165, 1.54) is 12.1 Å². The first kappa shape index (κ1) is 12.5. The van der Waals surface area contributed by atoms with Crippen LogP contribution in [0.15, 0.2) is 12.1 Å². The Bertz CT molecular complexity index is 597. The van der Waals surface area contributed by atoms with Gasteiger partial charge in [0, 0.05) is 6.42 Å². The second-order valence-corrected chi connectivity index (χ2v) is 4.56. The van der Waals surface area contributed by atoms with Gasteiger partial charge in [0.2, 0.25) is 0 Å². The molecule has 0 aliphatic carbocycles.